The lowest BCUT2D eigenvalue weighted by Gasteiger charge is -2.18. The fourth-order valence-corrected chi connectivity index (χ4v) is 4.85. The number of methoxy groups -OCH3 is 1. The van der Waals surface area contributed by atoms with Gasteiger partial charge in [0.2, 0.25) is 0 Å². The van der Waals surface area contributed by atoms with Crippen LogP contribution in [0.25, 0.3) is 10.2 Å². The molecule has 8 heteroatoms. The van der Waals surface area contributed by atoms with Crippen molar-refractivity contribution in [2.45, 2.75) is 26.2 Å². The number of aliphatic hydroxyl groups excluding tert-OH is 1. The second-order valence-electron chi connectivity index (χ2n) is 6.70. The summed E-state index contributed by atoms with van der Waals surface area (Å²) in [6.45, 7) is 2.30. The van der Waals surface area contributed by atoms with Gasteiger partial charge in [0.15, 0.2) is 0 Å². The lowest BCUT2D eigenvalue weighted by Crippen LogP contribution is -2.09. The van der Waals surface area contributed by atoms with Crippen LogP contribution in [0.2, 0.25) is 0 Å². The fourth-order valence-electron chi connectivity index (χ4n) is 3.50. The van der Waals surface area contributed by atoms with Crippen molar-refractivity contribution in [3.8, 4) is 5.75 Å². The van der Waals surface area contributed by atoms with Crippen LogP contribution in [0.5, 0.6) is 5.75 Å². The molecule has 1 aromatic carbocycles. The van der Waals surface area contributed by atoms with E-state index in [2.05, 4.69) is 22.2 Å². The number of benzene rings is 1. The number of nitrogens with zero attached hydrogens (tertiary/aromatic N) is 2. The number of anilines is 3. The summed E-state index contributed by atoms with van der Waals surface area (Å²) in [6.07, 6.45) is 6.19. The van der Waals surface area contributed by atoms with E-state index in [1.54, 1.807) is 30.8 Å². The highest BCUT2D eigenvalue weighted by atomic mass is 32.1. The first kappa shape index (κ1) is 20.0. The van der Waals surface area contributed by atoms with E-state index in [0.717, 1.165) is 41.7 Å². The topological polar surface area (TPSA) is 117 Å². The van der Waals surface area contributed by atoms with Crippen LogP contribution in [-0.4, -0.2) is 35.5 Å². The minimum Gasteiger partial charge on any atom is -0.494 e. The molecule has 0 aliphatic heterocycles. The van der Waals surface area contributed by atoms with E-state index in [-0.39, 0.29) is 0 Å². The minimum absolute atomic E-state index is 0.511. The zero-order chi connectivity index (χ0) is 20.3. The highest BCUT2D eigenvalue weighted by Crippen LogP contribution is 2.41. The minimum atomic E-state index is 0.511. The van der Waals surface area contributed by atoms with Gasteiger partial charge in [0, 0.05) is 35.5 Å². The number of thiophene rings is 1. The summed E-state index contributed by atoms with van der Waals surface area (Å²) in [5, 5.41) is 19.0. The molecule has 1 aliphatic carbocycles. The summed E-state index contributed by atoms with van der Waals surface area (Å²) in [7, 11) is 2.60. The summed E-state index contributed by atoms with van der Waals surface area (Å²) in [5.41, 5.74) is 9.22. The number of nitrogens with two attached hydrogens (primary N) is 1. The maximum absolute atomic E-state index is 7.54. The molecule has 0 bridgehead atoms. The number of nitrogens with one attached hydrogen (secondary N) is 2. The molecular formula is C20H25N5O2S. The first-order valence-electron chi connectivity index (χ1n) is 9.05. The van der Waals surface area contributed by atoms with Crippen molar-refractivity contribution in [2.24, 2.45) is 5.92 Å². The third-order valence-corrected chi connectivity index (χ3v) is 6.07. The molecule has 0 fully saturated rings. The Balaban J connectivity index is 0.00000109. The molecule has 1 atom stereocenters. The summed E-state index contributed by atoms with van der Waals surface area (Å²) < 4.78 is 5.46. The van der Waals surface area contributed by atoms with Crippen LogP contribution in [-0.2, 0) is 12.8 Å². The van der Waals surface area contributed by atoms with Gasteiger partial charge in [-0.1, -0.05) is 6.92 Å². The molecule has 2 heterocycles. The summed E-state index contributed by atoms with van der Waals surface area (Å²) >= 11 is 1.77. The molecule has 148 valence electrons. The SMILES string of the molecule is CO.COc1cc(N)c(C=N)cc1Nc1ncnc2sc3c(c12)CCC(C)C3. The molecule has 4 rings (SSSR count). The number of ether oxygens (including phenoxy) is 1. The van der Waals surface area contributed by atoms with Crippen molar-refractivity contribution in [3.63, 3.8) is 0 Å². The second-order valence-corrected chi connectivity index (χ2v) is 7.79. The van der Waals surface area contributed by atoms with E-state index in [1.165, 1.54) is 23.1 Å². The maximum atomic E-state index is 7.54. The van der Waals surface area contributed by atoms with Gasteiger partial charge >= 0.3 is 0 Å². The van der Waals surface area contributed by atoms with Gasteiger partial charge in [0.05, 0.1) is 18.2 Å². The molecule has 1 aliphatic rings. The number of hydrogen-bond acceptors (Lipinski definition) is 8. The predicted octanol–water partition coefficient (Wildman–Crippen LogP) is 3.76. The van der Waals surface area contributed by atoms with E-state index in [9.17, 15) is 0 Å². The van der Waals surface area contributed by atoms with Crippen LogP contribution in [0, 0.1) is 11.3 Å². The van der Waals surface area contributed by atoms with Gasteiger partial charge < -0.3 is 26.3 Å². The number of fused-ring (bicyclic) bond motifs is 3. The molecule has 7 nitrogen and oxygen atoms in total. The average Bonchev–Trinajstić information content (AvgIpc) is 3.08. The number of aromatic nitrogens is 2. The molecule has 0 spiro atoms. The van der Waals surface area contributed by atoms with Crippen LogP contribution < -0.4 is 15.8 Å². The normalized spacial score (nSPS) is 15.4. The Morgan fingerprint density at radius 2 is 2.14 bits per heavy atom. The summed E-state index contributed by atoms with van der Waals surface area (Å²) in [6, 6.07) is 3.54. The molecule has 0 saturated carbocycles. The van der Waals surface area contributed by atoms with E-state index < -0.39 is 0 Å². The second kappa shape index (κ2) is 8.53. The van der Waals surface area contributed by atoms with Crippen molar-refractivity contribution in [3.05, 3.63) is 34.5 Å². The standard InChI is InChI=1S/C19H21N5OS.CH4O/c1-10-3-4-12-16(5-10)26-19-17(12)18(22-9-23-19)24-14-6-11(8-20)13(21)7-15(14)25-2;1-2/h6-10,20H,3-5,21H2,1-2H3,(H,22,23,24);2H,1H3. The van der Waals surface area contributed by atoms with Crippen LogP contribution in [0.1, 0.15) is 29.3 Å². The monoisotopic (exact) mass is 399 g/mol. The maximum Gasteiger partial charge on any atom is 0.144 e. The van der Waals surface area contributed by atoms with Gasteiger partial charge in [-0.25, -0.2) is 9.97 Å². The average molecular weight is 400 g/mol. The Bertz CT molecular complexity index is 1000. The highest BCUT2D eigenvalue weighted by Gasteiger charge is 2.23. The van der Waals surface area contributed by atoms with Crippen LogP contribution in [0.15, 0.2) is 18.5 Å². The molecule has 28 heavy (non-hydrogen) atoms. The van der Waals surface area contributed by atoms with Crippen molar-refractivity contribution >= 4 is 45.0 Å². The van der Waals surface area contributed by atoms with E-state index in [1.807, 2.05) is 6.07 Å². The lowest BCUT2D eigenvalue weighted by molar-refractivity contribution is 0.399. The molecule has 3 aromatic rings. The Labute approximate surface area is 168 Å². The quantitative estimate of drug-likeness (QED) is 0.392. The number of nitrogen functional groups attached to an aromatic ring is 1. The number of hydrogen-bond donors (Lipinski definition) is 4. The lowest BCUT2D eigenvalue weighted by atomic mass is 9.89. The first-order chi connectivity index (χ1) is 13.6. The van der Waals surface area contributed by atoms with E-state index in [4.69, 9.17) is 21.0 Å². The first-order valence-corrected chi connectivity index (χ1v) is 9.87. The zero-order valence-electron chi connectivity index (χ0n) is 16.2. The van der Waals surface area contributed by atoms with Crippen molar-refractivity contribution < 1.29 is 9.84 Å². The Morgan fingerprint density at radius 3 is 2.86 bits per heavy atom. The van der Waals surface area contributed by atoms with E-state index >= 15 is 0 Å². The van der Waals surface area contributed by atoms with Gasteiger partial charge in [-0.05, 0) is 36.8 Å². The molecule has 0 radical (unpaired) electrons. The molecule has 5 N–H and O–H groups in total. The Kier molecular flexibility index (Phi) is 6.11. The Morgan fingerprint density at radius 1 is 1.36 bits per heavy atom. The smallest absolute Gasteiger partial charge is 0.144 e. The van der Waals surface area contributed by atoms with E-state index in [0.29, 0.717) is 22.9 Å². The molecule has 2 aromatic heterocycles. The molecular weight excluding hydrogens is 374 g/mol. The predicted molar refractivity (Wildman–Crippen MR) is 115 cm³/mol. The van der Waals surface area contributed by atoms with Gasteiger partial charge in [-0.2, -0.15) is 0 Å². The van der Waals surface area contributed by atoms with Crippen LogP contribution >= 0.6 is 11.3 Å². The van der Waals surface area contributed by atoms with Gasteiger partial charge in [0.1, 0.15) is 22.7 Å². The molecule has 1 unspecified atom stereocenters. The summed E-state index contributed by atoms with van der Waals surface area (Å²) in [5.74, 6) is 2.12. The molecule has 0 saturated heterocycles. The molecule has 0 amide bonds. The number of aliphatic hydroxyl groups is 1. The van der Waals surface area contributed by atoms with Gasteiger partial charge in [-0.3, -0.25) is 0 Å². The van der Waals surface area contributed by atoms with Crippen LogP contribution in [0.4, 0.5) is 17.2 Å². The van der Waals surface area contributed by atoms with Crippen molar-refractivity contribution in [1.29, 1.82) is 5.41 Å². The third-order valence-electron chi connectivity index (χ3n) is 4.91. The largest absolute Gasteiger partial charge is 0.494 e. The van der Waals surface area contributed by atoms with Gasteiger partial charge in [-0.15, -0.1) is 11.3 Å². The van der Waals surface area contributed by atoms with Crippen molar-refractivity contribution in [2.75, 3.05) is 25.3 Å². The Hall–Kier alpha value is -2.71. The number of rotatable bonds is 4. The van der Waals surface area contributed by atoms with Gasteiger partial charge in [0.25, 0.3) is 0 Å². The van der Waals surface area contributed by atoms with Crippen LogP contribution in [0.3, 0.4) is 0 Å². The fraction of sp³-hybridized carbons (Fsp3) is 0.350. The zero-order valence-corrected chi connectivity index (χ0v) is 17.1. The summed E-state index contributed by atoms with van der Waals surface area (Å²) in [4.78, 5) is 11.4. The highest BCUT2D eigenvalue weighted by molar-refractivity contribution is 7.19. The third kappa shape index (κ3) is 3.65. The number of aryl methyl sites for hydroxylation is 1. The van der Waals surface area contributed by atoms with Crippen molar-refractivity contribution in [1.82, 2.24) is 9.97 Å².